The number of benzene rings is 2. The lowest BCUT2D eigenvalue weighted by atomic mass is 10.1. The Kier molecular flexibility index (Phi) is 4.93. The Balaban J connectivity index is 1.89. The topological polar surface area (TPSA) is 78.8 Å². The highest BCUT2D eigenvalue weighted by Crippen LogP contribution is 2.22. The quantitative estimate of drug-likeness (QED) is 0.446. The smallest absolute Gasteiger partial charge is 0.276 e. The predicted octanol–water partition coefficient (Wildman–Crippen LogP) is 3.20. The second kappa shape index (κ2) is 7.14. The number of urea groups is 1. The number of aryl methyl sites for hydroxylation is 1. The molecule has 1 atom stereocenters. The molecule has 3 rings (SSSR count). The predicted molar refractivity (Wildman–Crippen MR) is 103 cm³/mol. The zero-order valence-corrected chi connectivity index (χ0v) is 15.4. The van der Waals surface area contributed by atoms with Gasteiger partial charge < -0.3 is 0 Å². The van der Waals surface area contributed by atoms with Gasteiger partial charge in [-0.2, -0.15) is 0 Å². The first-order valence-corrected chi connectivity index (χ1v) is 8.59. The Hall–Kier alpha value is -2.55. The van der Waals surface area contributed by atoms with E-state index < -0.39 is 23.8 Å². The Morgan fingerprint density at radius 1 is 1.12 bits per heavy atom. The normalized spacial score (nSPS) is 17.9. The van der Waals surface area contributed by atoms with Gasteiger partial charge in [0.15, 0.2) is 5.92 Å². The number of halogens is 1. The van der Waals surface area contributed by atoms with E-state index in [9.17, 15) is 14.4 Å². The number of hydrogen-bond donors (Lipinski definition) is 1. The van der Waals surface area contributed by atoms with Crippen LogP contribution in [0.1, 0.15) is 5.56 Å². The van der Waals surface area contributed by atoms with Crippen LogP contribution in [0.2, 0.25) is 0 Å². The highest BCUT2D eigenvalue weighted by Gasteiger charge is 2.40. The van der Waals surface area contributed by atoms with Gasteiger partial charge in [-0.15, -0.1) is 0 Å². The second-order valence-electron chi connectivity index (χ2n) is 5.54. The lowest BCUT2D eigenvalue weighted by Gasteiger charge is -2.28. The number of nitrogens with one attached hydrogen (secondary N) is 1. The summed E-state index contributed by atoms with van der Waals surface area (Å²) in [6, 6.07) is 13.5. The molecule has 126 valence electrons. The molecule has 0 aliphatic carbocycles. The molecule has 1 aliphatic heterocycles. The largest absolute Gasteiger partial charge is 0.335 e. The number of nitrogens with zero attached hydrogens (tertiary/aromatic N) is 2. The van der Waals surface area contributed by atoms with Gasteiger partial charge in [-0.25, -0.2) is 9.69 Å². The number of carbonyl (C=O) groups excluding carboxylic acids is 3. The van der Waals surface area contributed by atoms with E-state index in [0.717, 1.165) is 14.0 Å². The molecule has 7 heteroatoms. The van der Waals surface area contributed by atoms with Crippen LogP contribution in [0.4, 0.5) is 16.2 Å². The molecule has 0 unspecified atom stereocenters. The molecule has 0 bridgehead atoms. The van der Waals surface area contributed by atoms with Crippen LogP contribution in [0.15, 0.2) is 53.5 Å². The molecule has 4 amide bonds. The maximum Gasteiger partial charge on any atom is 0.335 e. The van der Waals surface area contributed by atoms with Crippen LogP contribution in [0.25, 0.3) is 0 Å². The molecule has 1 aliphatic rings. The molecular formula is C18H14IN3O3. The van der Waals surface area contributed by atoms with E-state index in [0.29, 0.717) is 11.4 Å². The van der Waals surface area contributed by atoms with Gasteiger partial charge in [-0.3, -0.25) is 19.9 Å². The molecule has 6 nitrogen and oxygen atoms in total. The maximum atomic E-state index is 12.7. The minimum Gasteiger partial charge on any atom is -0.276 e. The summed E-state index contributed by atoms with van der Waals surface area (Å²) < 4.78 is 0.972. The average molecular weight is 447 g/mol. The summed E-state index contributed by atoms with van der Waals surface area (Å²) >= 11 is 2.13. The third kappa shape index (κ3) is 3.76. The van der Waals surface area contributed by atoms with Crippen molar-refractivity contribution >= 4 is 58.0 Å². The average Bonchev–Trinajstić information content (AvgIpc) is 2.56. The maximum absolute atomic E-state index is 12.7. The van der Waals surface area contributed by atoms with Crippen molar-refractivity contribution < 1.29 is 14.4 Å². The summed E-state index contributed by atoms with van der Waals surface area (Å²) in [5.41, 5.74) is 2.06. The van der Waals surface area contributed by atoms with Crippen molar-refractivity contribution in [3.63, 3.8) is 0 Å². The van der Waals surface area contributed by atoms with Gasteiger partial charge in [-0.05, 0) is 71.5 Å². The Morgan fingerprint density at radius 3 is 2.52 bits per heavy atom. The van der Waals surface area contributed by atoms with Crippen LogP contribution in [0, 0.1) is 16.4 Å². The summed E-state index contributed by atoms with van der Waals surface area (Å²) in [6.45, 7) is 1.93. The molecule has 1 fully saturated rings. The van der Waals surface area contributed by atoms with Gasteiger partial charge in [-0.1, -0.05) is 12.1 Å². The molecule has 2 aromatic rings. The van der Waals surface area contributed by atoms with E-state index in [1.165, 1.54) is 6.21 Å². The van der Waals surface area contributed by atoms with E-state index in [-0.39, 0.29) is 0 Å². The minimum atomic E-state index is -1.16. The highest BCUT2D eigenvalue weighted by molar-refractivity contribution is 14.1. The van der Waals surface area contributed by atoms with Crippen molar-refractivity contribution in [1.82, 2.24) is 5.32 Å². The molecule has 0 spiro atoms. The molecule has 2 aromatic carbocycles. The summed E-state index contributed by atoms with van der Waals surface area (Å²) in [5, 5.41) is 2.20. The zero-order chi connectivity index (χ0) is 18.0. The van der Waals surface area contributed by atoms with Crippen molar-refractivity contribution in [2.24, 2.45) is 10.9 Å². The van der Waals surface area contributed by atoms with Gasteiger partial charge in [0.05, 0.1) is 11.4 Å². The van der Waals surface area contributed by atoms with Crippen LogP contribution in [0.5, 0.6) is 0 Å². The Morgan fingerprint density at radius 2 is 1.84 bits per heavy atom. The fraction of sp³-hybridized carbons (Fsp3) is 0.111. The van der Waals surface area contributed by atoms with Gasteiger partial charge in [0.1, 0.15) is 0 Å². The van der Waals surface area contributed by atoms with Crippen LogP contribution in [-0.2, 0) is 9.59 Å². The minimum absolute atomic E-state index is 0.407. The number of rotatable bonds is 3. The van der Waals surface area contributed by atoms with Gasteiger partial charge in [0, 0.05) is 9.78 Å². The van der Waals surface area contributed by atoms with Crippen LogP contribution < -0.4 is 10.2 Å². The SMILES string of the molecule is Cc1cccc(N=C[C@H]2C(=O)NC(=O)N(c3ccc(I)cc3)C2=O)c1. The van der Waals surface area contributed by atoms with E-state index in [1.807, 2.05) is 25.1 Å². The molecule has 0 saturated carbocycles. The lowest BCUT2D eigenvalue weighted by Crippen LogP contribution is -2.58. The van der Waals surface area contributed by atoms with Gasteiger partial charge in [0.2, 0.25) is 5.91 Å². The summed E-state index contributed by atoms with van der Waals surface area (Å²) in [5.74, 6) is -2.45. The number of carbonyl (C=O) groups is 3. The standard InChI is InChI=1S/C18H14IN3O3/c1-11-3-2-4-13(9-11)20-10-15-16(23)21-18(25)22(17(15)24)14-7-5-12(19)6-8-14/h2-10,15H,1H3,(H,21,23,25)/t15-/m0/s1. The van der Waals surface area contributed by atoms with E-state index >= 15 is 0 Å². The number of imide groups is 2. The molecule has 0 aromatic heterocycles. The first kappa shape index (κ1) is 17.3. The fourth-order valence-corrected chi connectivity index (χ4v) is 2.78. The monoisotopic (exact) mass is 447 g/mol. The first-order valence-electron chi connectivity index (χ1n) is 7.51. The van der Waals surface area contributed by atoms with Crippen LogP contribution in [-0.4, -0.2) is 24.1 Å². The molecule has 25 heavy (non-hydrogen) atoms. The molecule has 1 saturated heterocycles. The lowest BCUT2D eigenvalue weighted by molar-refractivity contribution is -0.131. The third-order valence-electron chi connectivity index (χ3n) is 3.66. The number of barbiturate groups is 1. The van der Waals surface area contributed by atoms with E-state index in [1.54, 1.807) is 30.3 Å². The number of aliphatic imine (C=N–C) groups is 1. The van der Waals surface area contributed by atoms with Crippen LogP contribution >= 0.6 is 22.6 Å². The highest BCUT2D eigenvalue weighted by atomic mass is 127. The second-order valence-corrected chi connectivity index (χ2v) is 6.78. The van der Waals surface area contributed by atoms with Gasteiger partial charge >= 0.3 is 6.03 Å². The number of anilines is 1. The Bertz CT molecular complexity index is 877. The fourth-order valence-electron chi connectivity index (χ4n) is 2.43. The van der Waals surface area contributed by atoms with Crippen molar-refractivity contribution in [3.8, 4) is 0 Å². The van der Waals surface area contributed by atoms with Crippen molar-refractivity contribution in [2.75, 3.05) is 4.90 Å². The number of hydrogen-bond acceptors (Lipinski definition) is 4. The summed E-state index contributed by atoms with van der Waals surface area (Å²) in [6.07, 6.45) is 1.28. The van der Waals surface area contributed by atoms with E-state index in [4.69, 9.17) is 0 Å². The van der Waals surface area contributed by atoms with Crippen molar-refractivity contribution in [3.05, 3.63) is 57.7 Å². The third-order valence-corrected chi connectivity index (χ3v) is 4.38. The Labute approximate surface area is 158 Å². The molecule has 1 N–H and O–H groups in total. The summed E-state index contributed by atoms with van der Waals surface area (Å²) in [7, 11) is 0. The first-order chi connectivity index (χ1) is 12.0. The zero-order valence-electron chi connectivity index (χ0n) is 13.3. The van der Waals surface area contributed by atoms with E-state index in [2.05, 4.69) is 32.9 Å². The summed E-state index contributed by atoms with van der Waals surface area (Å²) in [4.78, 5) is 42.0. The van der Waals surface area contributed by atoms with Gasteiger partial charge in [0.25, 0.3) is 5.91 Å². The van der Waals surface area contributed by atoms with Crippen molar-refractivity contribution in [2.45, 2.75) is 6.92 Å². The molecule has 0 radical (unpaired) electrons. The molecule has 1 heterocycles. The number of amides is 4. The molecular weight excluding hydrogens is 433 g/mol. The van der Waals surface area contributed by atoms with Crippen molar-refractivity contribution in [1.29, 1.82) is 0 Å². The van der Waals surface area contributed by atoms with Crippen LogP contribution in [0.3, 0.4) is 0 Å².